The zero-order valence-corrected chi connectivity index (χ0v) is 35.3. The van der Waals surface area contributed by atoms with Crippen molar-refractivity contribution in [3.8, 4) is 0 Å². The largest absolute Gasteiger partial charge is 0.652 e. The Hall–Kier alpha value is -2.50. The molecule has 1 saturated heterocycles. The maximum atomic E-state index is 9.80. The first-order chi connectivity index (χ1) is 23.4. The normalized spacial score (nSPS) is 11.5. The third kappa shape index (κ3) is 49.7. The predicted molar refractivity (Wildman–Crippen MR) is 188 cm³/mol. The number of hydrogen-bond acceptors (Lipinski definition) is 12. The topological polar surface area (TPSA) is 228 Å². The number of nitrogens with zero attached hydrogens (tertiary/aromatic N) is 3. The number of halogens is 1. The molecule has 1 aliphatic heterocycles. The van der Waals surface area contributed by atoms with Gasteiger partial charge in [-0.2, -0.15) is 14.0 Å². The first-order valence-electron chi connectivity index (χ1n) is 17.7. The van der Waals surface area contributed by atoms with E-state index in [2.05, 4.69) is 106 Å². The summed E-state index contributed by atoms with van der Waals surface area (Å²) in [7, 11) is -4.69. The summed E-state index contributed by atoms with van der Waals surface area (Å²) in [6.07, 6.45) is -1.13. The lowest BCUT2D eigenvalue weighted by molar-refractivity contribution is -1.92. The van der Waals surface area contributed by atoms with Crippen LogP contribution in [0.2, 0.25) is 0 Å². The fraction of sp³-hybridized carbons (Fsp3) is 0.800. The van der Waals surface area contributed by atoms with Crippen molar-refractivity contribution in [2.75, 3.05) is 91.8 Å². The molecule has 0 aliphatic carbocycles. The van der Waals surface area contributed by atoms with Gasteiger partial charge < -0.3 is 47.8 Å². The van der Waals surface area contributed by atoms with Crippen molar-refractivity contribution in [3.63, 3.8) is 0 Å². The maximum absolute atomic E-state index is 9.80. The molecule has 0 saturated carbocycles. The zero-order chi connectivity index (χ0) is 42.3. The van der Waals surface area contributed by atoms with Crippen LogP contribution in [0.15, 0.2) is 24.8 Å². The van der Waals surface area contributed by atoms with Gasteiger partial charge in [-0.05, 0) is 109 Å². The van der Waals surface area contributed by atoms with Gasteiger partial charge in [-0.1, -0.05) is 12.7 Å². The minimum absolute atomic E-state index is 0.0648. The first kappa shape index (κ1) is 63.5. The summed E-state index contributed by atoms with van der Waals surface area (Å²) in [4.78, 5) is 27.6. The molecule has 0 unspecified atom stereocenters. The lowest BCUT2D eigenvalue weighted by atomic mass is 10.3. The van der Waals surface area contributed by atoms with Crippen molar-refractivity contribution < 1.29 is 81.5 Å². The molecule has 1 rings (SSSR count). The minimum Gasteiger partial charge on any atom is -0.652 e. The highest BCUT2D eigenvalue weighted by atomic mass is 35.7. The van der Waals surface area contributed by atoms with Crippen LogP contribution in [-0.2, 0) is 14.3 Å². The number of rotatable bonds is 13. The quantitative estimate of drug-likeness (QED) is 0.111. The standard InChI is InChI=1S/3C8H20N.C4H6O2.C3H4O3.C3H6.CH2O3.ClHO4/c3*1-5-9(6-2,7-3)8-4;1-3(2)4(5)6;4-3-5-1-2-6-3;1-3-2;2-1(3)4;2-1(3,4)5/h3*5-8H2,1-4H3;1H2,2H3,(H,5,6);1-2H2;3H,1H2,2H3;(H2,2,3,4);(H,2,3,4,5)/q3*+1;;;;;/p-3. The van der Waals surface area contributed by atoms with E-state index in [1.54, 1.807) is 6.08 Å². The number of carbonyl (C=O) groups excluding carboxylic acids is 3. The second-order valence-corrected chi connectivity index (χ2v) is 11.7. The summed E-state index contributed by atoms with van der Waals surface area (Å²) in [6, 6.07) is 0. The highest BCUT2D eigenvalue weighted by Gasteiger charge is 2.17. The van der Waals surface area contributed by atoms with Crippen molar-refractivity contribution in [1.82, 2.24) is 0 Å². The average Bonchev–Trinajstić information content (AvgIpc) is 3.56. The van der Waals surface area contributed by atoms with Gasteiger partial charge in [-0.25, -0.2) is 4.79 Å². The van der Waals surface area contributed by atoms with E-state index in [4.69, 9.17) is 33.6 Å². The summed E-state index contributed by atoms with van der Waals surface area (Å²) in [5, 5.41) is 26.2. The second-order valence-electron chi connectivity index (χ2n) is 10.9. The monoisotopic (exact) mass is 766 g/mol. The van der Waals surface area contributed by atoms with Gasteiger partial charge in [0.15, 0.2) is 0 Å². The Morgan fingerprint density at radius 1 is 0.647 bits per heavy atom. The molecule has 51 heavy (non-hydrogen) atoms. The number of ether oxygens (including phenoxy) is 2. The number of cyclic esters (lactones) is 2. The minimum atomic E-state index is -4.69. The zero-order valence-electron chi connectivity index (χ0n) is 34.5. The lowest BCUT2D eigenvalue weighted by Gasteiger charge is -2.34. The number of aliphatic carboxylic acids is 1. The Morgan fingerprint density at radius 3 is 0.784 bits per heavy atom. The van der Waals surface area contributed by atoms with Crippen LogP contribution in [0, 0.1) is 10.2 Å². The van der Waals surface area contributed by atoms with Crippen LogP contribution in [0.3, 0.4) is 0 Å². The van der Waals surface area contributed by atoms with E-state index in [1.807, 2.05) is 6.92 Å². The molecule has 0 aromatic heterocycles. The number of carbonyl (C=O) groups is 3. The number of hydrogen-bond donors (Lipinski definition) is 1. The van der Waals surface area contributed by atoms with Crippen LogP contribution in [0.1, 0.15) is 96.9 Å². The van der Waals surface area contributed by atoms with Crippen LogP contribution in [0.25, 0.3) is 0 Å². The van der Waals surface area contributed by atoms with Gasteiger partial charge >= 0.3 is 6.16 Å². The van der Waals surface area contributed by atoms with Crippen LogP contribution < -0.4 is 29.3 Å². The van der Waals surface area contributed by atoms with Crippen LogP contribution in [0.5, 0.6) is 0 Å². The average molecular weight is 766 g/mol. The number of carboxylic acids is 1. The van der Waals surface area contributed by atoms with Crippen molar-refractivity contribution >= 4 is 18.3 Å². The smallest absolute Gasteiger partial charge is 0.508 e. The lowest BCUT2D eigenvalue weighted by Crippen LogP contribution is -2.58. The van der Waals surface area contributed by atoms with E-state index in [0.29, 0.717) is 13.2 Å². The van der Waals surface area contributed by atoms with Crippen LogP contribution in [-0.4, -0.2) is 128 Å². The summed E-state index contributed by atoms with van der Waals surface area (Å²) in [6.45, 7) is 53.2. The third-order valence-electron chi connectivity index (χ3n) is 8.92. The number of allylic oxidation sites excluding steroid dienone is 1. The molecule has 15 nitrogen and oxygen atoms in total. The molecular formula is C35H76ClN3O12. The maximum Gasteiger partial charge on any atom is 0.508 e. The second kappa shape index (κ2) is 40.3. The van der Waals surface area contributed by atoms with Gasteiger partial charge in [0.2, 0.25) is 0 Å². The molecule has 16 heteroatoms. The highest BCUT2D eigenvalue weighted by Crippen LogP contribution is 2.04. The van der Waals surface area contributed by atoms with Gasteiger partial charge in [0.1, 0.15) is 13.2 Å². The SMILES string of the molecule is C=C(C)C(=O)[O-].C=CC.CC[N+](CC)(CC)CC.CC[N+](CC)(CC)CC.CC[N+](CC)(CC)CC.O=C([O-])[O-].O=C1OCCO1.[O-][Cl+3]([O-])([O-])O. The fourth-order valence-electron chi connectivity index (χ4n) is 4.32. The van der Waals surface area contributed by atoms with E-state index in [0.717, 1.165) is 0 Å². The summed E-state index contributed by atoms with van der Waals surface area (Å²) < 4.78 is 45.1. The van der Waals surface area contributed by atoms with E-state index in [9.17, 15) is 14.7 Å². The third-order valence-corrected chi connectivity index (χ3v) is 8.92. The molecule has 310 valence electrons. The molecule has 0 aromatic rings. The Kier molecular flexibility index (Phi) is 50.2. The van der Waals surface area contributed by atoms with Crippen molar-refractivity contribution in [2.45, 2.75) is 96.9 Å². The Balaban J connectivity index is -0.0000000887. The first-order valence-corrected chi connectivity index (χ1v) is 19.0. The molecule has 1 N–H and O–H groups in total. The Bertz CT molecular complexity index is 699. The molecule has 1 aliphatic rings. The molecule has 0 aromatic carbocycles. The summed E-state index contributed by atoms with van der Waals surface area (Å²) in [5.41, 5.74) is 0.0648. The van der Waals surface area contributed by atoms with Crippen LogP contribution in [0.4, 0.5) is 9.59 Å². The summed E-state index contributed by atoms with van der Waals surface area (Å²) >= 11 is 0. The molecular weight excluding hydrogens is 690 g/mol. The molecule has 0 radical (unpaired) electrons. The molecule has 1 fully saturated rings. The molecule has 0 amide bonds. The van der Waals surface area contributed by atoms with E-state index in [1.165, 1.54) is 98.9 Å². The number of quaternary nitrogens is 3. The predicted octanol–water partition coefficient (Wildman–Crippen LogP) is -0.265. The van der Waals surface area contributed by atoms with E-state index >= 15 is 0 Å². The van der Waals surface area contributed by atoms with Gasteiger partial charge in [-0.15, -0.1) is 6.58 Å². The van der Waals surface area contributed by atoms with E-state index < -0.39 is 28.5 Å². The fourth-order valence-corrected chi connectivity index (χ4v) is 4.32. The molecule has 0 bridgehead atoms. The van der Waals surface area contributed by atoms with Crippen LogP contribution >= 0.6 is 0 Å². The van der Waals surface area contributed by atoms with Gasteiger partial charge in [0, 0.05) is 0 Å². The van der Waals surface area contributed by atoms with Crippen molar-refractivity contribution in [3.05, 3.63) is 24.8 Å². The molecule has 1 heterocycles. The molecule has 0 spiro atoms. The van der Waals surface area contributed by atoms with Gasteiger partial charge in [-0.3, -0.25) is 0 Å². The number of carboxylic acid groups (broad SMARTS) is 3. The van der Waals surface area contributed by atoms with Crippen molar-refractivity contribution in [2.24, 2.45) is 0 Å². The Labute approximate surface area is 312 Å². The van der Waals surface area contributed by atoms with E-state index in [-0.39, 0.29) is 5.57 Å². The Morgan fingerprint density at radius 2 is 0.765 bits per heavy atom. The highest BCUT2D eigenvalue weighted by molar-refractivity contribution is 5.82. The van der Waals surface area contributed by atoms with Crippen molar-refractivity contribution in [1.29, 1.82) is 0 Å². The summed E-state index contributed by atoms with van der Waals surface area (Å²) in [5.74, 6) is -1.19. The van der Waals surface area contributed by atoms with Gasteiger partial charge in [0.05, 0.1) is 99.4 Å². The van der Waals surface area contributed by atoms with Gasteiger partial charge in [0.25, 0.3) is 0 Å². The molecule has 0 atom stereocenters.